The minimum absolute atomic E-state index is 0.0938. The minimum atomic E-state index is -1.13. The highest BCUT2D eigenvalue weighted by atomic mass is 35.5. The molecular weight excluding hydrogens is 398 g/mol. The molecule has 0 unspecified atom stereocenters. The van der Waals surface area contributed by atoms with Crippen LogP contribution in [0.1, 0.15) is 30.1 Å². The van der Waals surface area contributed by atoms with Gasteiger partial charge in [-0.15, -0.1) is 0 Å². The molecule has 9 heteroatoms. The SMILES string of the molecule is C[C@@H](COc1cc(Cl)c(NC(=O)c2ccc(OCC3CC3)cc2)cn1)NC(=O)O. The lowest BCUT2D eigenvalue weighted by atomic mass is 10.2. The first kappa shape index (κ1) is 20.7. The van der Waals surface area contributed by atoms with E-state index in [4.69, 9.17) is 26.2 Å². The first-order valence-electron chi connectivity index (χ1n) is 9.22. The molecule has 1 aromatic carbocycles. The summed E-state index contributed by atoms with van der Waals surface area (Å²) in [7, 11) is 0. The second-order valence-corrected chi connectivity index (χ2v) is 7.30. The van der Waals surface area contributed by atoms with Crippen molar-refractivity contribution in [3.63, 3.8) is 0 Å². The van der Waals surface area contributed by atoms with Gasteiger partial charge in [0.2, 0.25) is 5.88 Å². The fraction of sp³-hybridized carbons (Fsp3) is 0.350. The fourth-order valence-electron chi connectivity index (χ4n) is 2.44. The number of carbonyl (C=O) groups excluding carboxylic acids is 1. The number of nitrogens with one attached hydrogen (secondary N) is 2. The number of ether oxygens (including phenoxy) is 2. The monoisotopic (exact) mass is 419 g/mol. The molecule has 1 aliphatic carbocycles. The molecular formula is C20H22ClN3O5. The zero-order valence-electron chi connectivity index (χ0n) is 15.9. The van der Waals surface area contributed by atoms with Crippen molar-refractivity contribution < 1.29 is 24.2 Å². The topological polar surface area (TPSA) is 110 Å². The summed E-state index contributed by atoms with van der Waals surface area (Å²) in [6.45, 7) is 2.47. The first-order chi connectivity index (χ1) is 13.9. The number of rotatable bonds is 9. The van der Waals surface area contributed by atoms with E-state index in [2.05, 4.69) is 15.6 Å². The molecule has 1 fully saturated rings. The molecule has 0 aliphatic heterocycles. The molecule has 1 aliphatic rings. The fourth-order valence-corrected chi connectivity index (χ4v) is 2.63. The van der Waals surface area contributed by atoms with Crippen molar-refractivity contribution in [1.29, 1.82) is 0 Å². The van der Waals surface area contributed by atoms with Crippen molar-refractivity contribution in [3.05, 3.63) is 47.1 Å². The molecule has 1 saturated carbocycles. The largest absolute Gasteiger partial charge is 0.493 e. The van der Waals surface area contributed by atoms with Crippen LogP contribution in [0.15, 0.2) is 36.5 Å². The van der Waals surface area contributed by atoms with Crippen molar-refractivity contribution in [2.45, 2.75) is 25.8 Å². The van der Waals surface area contributed by atoms with E-state index < -0.39 is 12.1 Å². The van der Waals surface area contributed by atoms with Crippen molar-refractivity contribution in [2.24, 2.45) is 5.92 Å². The lowest BCUT2D eigenvalue weighted by molar-refractivity contribution is 0.102. The van der Waals surface area contributed by atoms with Crippen molar-refractivity contribution >= 4 is 29.3 Å². The molecule has 0 spiro atoms. The van der Waals surface area contributed by atoms with Crippen LogP contribution < -0.4 is 20.1 Å². The molecule has 3 rings (SSSR count). The maximum absolute atomic E-state index is 12.4. The van der Waals surface area contributed by atoms with Crippen LogP contribution in [0.25, 0.3) is 0 Å². The molecule has 8 nitrogen and oxygen atoms in total. The highest BCUT2D eigenvalue weighted by molar-refractivity contribution is 6.34. The predicted molar refractivity (Wildman–Crippen MR) is 108 cm³/mol. The Kier molecular flexibility index (Phi) is 6.77. The average molecular weight is 420 g/mol. The Labute approximate surface area is 173 Å². The third-order valence-corrected chi connectivity index (χ3v) is 4.54. The Balaban J connectivity index is 1.53. The molecule has 1 heterocycles. The molecule has 0 saturated heterocycles. The molecule has 1 aromatic heterocycles. The summed E-state index contributed by atoms with van der Waals surface area (Å²) in [5, 5.41) is 13.9. The van der Waals surface area contributed by atoms with Crippen LogP contribution in [0, 0.1) is 5.92 Å². The Bertz CT molecular complexity index is 871. The van der Waals surface area contributed by atoms with Gasteiger partial charge in [0.05, 0.1) is 29.6 Å². The van der Waals surface area contributed by atoms with Crippen LogP contribution >= 0.6 is 11.6 Å². The first-order valence-corrected chi connectivity index (χ1v) is 9.60. The zero-order valence-corrected chi connectivity index (χ0v) is 16.6. The summed E-state index contributed by atoms with van der Waals surface area (Å²) in [5.41, 5.74) is 0.809. The molecule has 3 N–H and O–H groups in total. The van der Waals surface area contributed by atoms with Gasteiger partial charge in [0, 0.05) is 11.6 Å². The molecule has 2 amide bonds. The number of aromatic nitrogens is 1. The lowest BCUT2D eigenvalue weighted by Crippen LogP contribution is -2.35. The minimum Gasteiger partial charge on any atom is -0.493 e. The van der Waals surface area contributed by atoms with Gasteiger partial charge in [-0.25, -0.2) is 9.78 Å². The number of pyridine rings is 1. The zero-order chi connectivity index (χ0) is 20.8. The van der Waals surface area contributed by atoms with E-state index in [9.17, 15) is 9.59 Å². The number of benzene rings is 1. The second kappa shape index (κ2) is 9.47. The van der Waals surface area contributed by atoms with E-state index in [0.717, 1.165) is 5.75 Å². The van der Waals surface area contributed by atoms with Crippen LogP contribution in [-0.2, 0) is 0 Å². The molecule has 1 atom stereocenters. The van der Waals surface area contributed by atoms with Gasteiger partial charge in [-0.2, -0.15) is 0 Å². The number of carboxylic acid groups (broad SMARTS) is 1. The van der Waals surface area contributed by atoms with Crippen LogP contribution in [0.3, 0.4) is 0 Å². The maximum Gasteiger partial charge on any atom is 0.404 e. The molecule has 0 radical (unpaired) electrons. The van der Waals surface area contributed by atoms with E-state index in [1.54, 1.807) is 31.2 Å². The van der Waals surface area contributed by atoms with Crippen molar-refractivity contribution in [2.75, 3.05) is 18.5 Å². The number of carbonyl (C=O) groups is 2. The summed E-state index contributed by atoms with van der Waals surface area (Å²) in [5.74, 6) is 1.30. The summed E-state index contributed by atoms with van der Waals surface area (Å²) < 4.78 is 11.1. The van der Waals surface area contributed by atoms with Gasteiger partial charge in [0.25, 0.3) is 5.91 Å². The van der Waals surface area contributed by atoms with E-state index in [1.807, 2.05) is 0 Å². The summed E-state index contributed by atoms with van der Waals surface area (Å²) in [6.07, 6.45) is 2.69. The summed E-state index contributed by atoms with van der Waals surface area (Å²) in [4.78, 5) is 27.1. The highest BCUT2D eigenvalue weighted by Crippen LogP contribution is 2.29. The number of amides is 2. The second-order valence-electron chi connectivity index (χ2n) is 6.90. The van der Waals surface area contributed by atoms with Crippen LogP contribution in [0.2, 0.25) is 5.02 Å². The number of nitrogens with zero attached hydrogens (tertiary/aromatic N) is 1. The number of anilines is 1. The van der Waals surface area contributed by atoms with E-state index in [0.29, 0.717) is 23.8 Å². The van der Waals surface area contributed by atoms with Gasteiger partial charge >= 0.3 is 6.09 Å². The Morgan fingerprint density at radius 2 is 2.00 bits per heavy atom. The normalized spacial score (nSPS) is 14.0. The van der Waals surface area contributed by atoms with Gasteiger partial charge in [0.15, 0.2) is 0 Å². The van der Waals surface area contributed by atoms with Crippen LogP contribution in [0.5, 0.6) is 11.6 Å². The van der Waals surface area contributed by atoms with Gasteiger partial charge < -0.3 is 25.2 Å². The average Bonchev–Trinajstić information content (AvgIpc) is 3.51. The predicted octanol–water partition coefficient (Wildman–Crippen LogP) is 3.81. The maximum atomic E-state index is 12.4. The Hall–Kier alpha value is -3.00. The van der Waals surface area contributed by atoms with Gasteiger partial charge in [-0.05, 0) is 49.9 Å². The summed E-state index contributed by atoms with van der Waals surface area (Å²) >= 11 is 6.20. The molecule has 29 heavy (non-hydrogen) atoms. The van der Waals surface area contributed by atoms with E-state index in [-0.39, 0.29) is 23.4 Å². The van der Waals surface area contributed by atoms with Crippen LogP contribution in [-0.4, -0.2) is 41.3 Å². The third-order valence-electron chi connectivity index (χ3n) is 4.23. The Morgan fingerprint density at radius 1 is 1.28 bits per heavy atom. The van der Waals surface area contributed by atoms with Crippen LogP contribution in [0.4, 0.5) is 10.5 Å². The quantitative estimate of drug-likeness (QED) is 0.570. The highest BCUT2D eigenvalue weighted by Gasteiger charge is 2.21. The van der Waals surface area contributed by atoms with Gasteiger partial charge in [-0.1, -0.05) is 11.6 Å². The van der Waals surface area contributed by atoms with E-state index >= 15 is 0 Å². The molecule has 154 valence electrons. The summed E-state index contributed by atoms with van der Waals surface area (Å²) in [6, 6.07) is 7.95. The van der Waals surface area contributed by atoms with E-state index in [1.165, 1.54) is 25.1 Å². The third kappa shape index (κ3) is 6.53. The van der Waals surface area contributed by atoms with Gasteiger partial charge in [0.1, 0.15) is 12.4 Å². The number of halogens is 1. The smallest absolute Gasteiger partial charge is 0.404 e. The van der Waals surface area contributed by atoms with Crippen molar-refractivity contribution in [3.8, 4) is 11.6 Å². The molecule has 2 aromatic rings. The van der Waals surface area contributed by atoms with Crippen molar-refractivity contribution in [1.82, 2.24) is 10.3 Å². The van der Waals surface area contributed by atoms with Gasteiger partial charge in [-0.3, -0.25) is 4.79 Å². The number of hydrogen-bond donors (Lipinski definition) is 3. The standard InChI is InChI=1S/C20H22ClN3O5/c1-12(23-20(26)27)10-29-18-8-16(21)17(9-22-18)24-19(25)14-4-6-15(7-5-14)28-11-13-2-3-13/h4-9,12-13,23H,2-3,10-11H2,1H3,(H,24,25)(H,26,27)/t12-/m0/s1. The number of hydrogen-bond acceptors (Lipinski definition) is 5. The Morgan fingerprint density at radius 3 is 2.62 bits per heavy atom. The molecule has 0 bridgehead atoms. The lowest BCUT2D eigenvalue weighted by Gasteiger charge is -2.13.